The van der Waals surface area contributed by atoms with Crippen LogP contribution in [0.1, 0.15) is 18.4 Å². The molecule has 16 heavy (non-hydrogen) atoms. The fourth-order valence-electron chi connectivity index (χ4n) is 1.15. The molecule has 4 nitrogen and oxygen atoms in total. The van der Waals surface area contributed by atoms with Gasteiger partial charge in [-0.3, -0.25) is 4.79 Å². The molecule has 1 heterocycles. The third-order valence-corrected chi connectivity index (χ3v) is 2.30. The molecule has 0 aromatic carbocycles. The molecule has 0 unspecified atom stereocenters. The van der Waals surface area contributed by atoms with Crippen molar-refractivity contribution in [3.05, 3.63) is 23.9 Å². The molecule has 0 fully saturated rings. The van der Waals surface area contributed by atoms with Gasteiger partial charge in [-0.15, -0.1) is 11.6 Å². The second kappa shape index (κ2) is 7.06. The molecule has 1 aromatic rings. The fraction of sp³-hybridized carbons (Fsp3) is 0.455. The van der Waals surface area contributed by atoms with Crippen LogP contribution in [-0.2, 0) is 11.3 Å². The lowest BCUT2D eigenvalue weighted by Gasteiger charge is -2.05. The molecule has 88 valence electrons. The Hall–Kier alpha value is -1.29. The van der Waals surface area contributed by atoms with E-state index in [4.69, 9.17) is 16.3 Å². The Morgan fingerprint density at radius 2 is 2.38 bits per heavy atom. The lowest BCUT2D eigenvalue weighted by Crippen LogP contribution is -2.22. The van der Waals surface area contributed by atoms with Gasteiger partial charge in [0.1, 0.15) is 0 Å². The van der Waals surface area contributed by atoms with Crippen LogP contribution in [0, 0.1) is 0 Å². The zero-order chi connectivity index (χ0) is 11.8. The second-order valence-electron chi connectivity index (χ2n) is 3.28. The highest BCUT2D eigenvalue weighted by atomic mass is 35.5. The minimum Gasteiger partial charge on any atom is -0.481 e. The highest BCUT2D eigenvalue weighted by Crippen LogP contribution is 2.06. The zero-order valence-corrected chi connectivity index (χ0v) is 9.96. The Morgan fingerprint density at radius 3 is 2.94 bits per heavy atom. The first-order valence-corrected chi connectivity index (χ1v) is 5.61. The van der Waals surface area contributed by atoms with Crippen LogP contribution < -0.4 is 10.1 Å². The number of aromatic nitrogens is 1. The van der Waals surface area contributed by atoms with Crippen LogP contribution in [-0.4, -0.2) is 23.9 Å². The van der Waals surface area contributed by atoms with Crippen molar-refractivity contribution in [2.45, 2.75) is 19.4 Å². The molecule has 0 aliphatic carbocycles. The van der Waals surface area contributed by atoms with Crippen LogP contribution in [0.4, 0.5) is 0 Å². The number of nitrogens with one attached hydrogen (secondary N) is 1. The van der Waals surface area contributed by atoms with Crippen molar-refractivity contribution in [1.29, 1.82) is 0 Å². The monoisotopic (exact) mass is 242 g/mol. The van der Waals surface area contributed by atoms with E-state index in [1.807, 2.05) is 6.07 Å². The normalized spacial score (nSPS) is 9.88. The van der Waals surface area contributed by atoms with Crippen molar-refractivity contribution in [3.8, 4) is 5.88 Å². The number of methoxy groups -OCH3 is 1. The zero-order valence-electron chi connectivity index (χ0n) is 9.20. The number of nitrogens with zero attached hydrogens (tertiary/aromatic N) is 1. The number of carbonyl (C=O) groups excluding carboxylic acids is 1. The minimum absolute atomic E-state index is 0.0106. The average Bonchev–Trinajstić information content (AvgIpc) is 2.34. The van der Waals surface area contributed by atoms with Gasteiger partial charge in [0.2, 0.25) is 11.8 Å². The summed E-state index contributed by atoms with van der Waals surface area (Å²) in [6, 6.07) is 3.63. The third-order valence-electron chi connectivity index (χ3n) is 2.03. The maximum atomic E-state index is 11.3. The molecule has 0 aliphatic heterocycles. The highest BCUT2D eigenvalue weighted by Gasteiger charge is 2.01. The molecule has 0 radical (unpaired) electrons. The van der Waals surface area contributed by atoms with Gasteiger partial charge in [-0.05, 0) is 12.0 Å². The largest absolute Gasteiger partial charge is 0.481 e. The Balaban J connectivity index is 2.33. The Bertz CT molecular complexity index is 327. The van der Waals surface area contributed by atoms with Gasteiger partial charge in [0.05, 0.1) is 7.11 Å². The smallest absolute Gasteiger partial charge is 0.220 e. The predicted molar refractivity (Wildman–Crippen MR) is 62.6 cm³/mol. The van der Waals surface area contributed by atoms with Crippen molar-refractivity contribution in [2.75, 3.05) is 13.0 Å². The molecule has 0 atom stereocenters. The molecule has 5 heteroatoms. The van der Waals surface area contributed by atoms with Crippen molar-refractivity contribution in [1.82, 2.24) is 10.3 Å². The van der Waals surface area contributed by atoms with Gasteiger partial charge < -0.3 is 10.1 Å². The van der Waals surface area contributed by atoms with Crippen molar-refractivity contribution < 1.29 is 9.53 Å². The summed E-state index contributed by atoms with van der Waals surface area (Å²) < 4.78 is 4.93. The van der Waals surface area contributed by atoms with Crippen molar-refractivity contribution >= 4 is 17.5 Å². The number of ether oxygens (including phenoxy) is 1. The number of amides is 1. The van der Waals surface area contributed by atoms with Crippen molar-refractivity contribution in [3.63, 3.8) is 0 Å². The Kier molecular flexibility index (Phi) is 5.64. The van der Waals surface area contributed by atoms with Gasteiger partial charge in [-0.25, -0.2) is 4.98 Å². The van der Waals surface area contributed by atoms with Crippen LogP contribution in [0.15, 0.2) is 18.3 Å². The summed E-state index contributed by atoms with van der Waals surface area (Å²) in [7, 11) is 1.57. The van der Waals surface area contributed by atoms with Gasteiger partial charge >= 0.3 is 0 Å². The molecule has 1 amide bonds. The molecule has 1 aromatic heterocycles. The third kappa shape index (κ3) is 4.49. The van der Waals surface area contributed by atoms with E-state index < -0.39 is 0 Å². The summed E-state index contributed by atoms with van der Waals surface area (Å²) in [5.74, 6) is 1.09. The highest BCUT2D eigenvalue weighted by molar-refractivity contribution is 6.17. The number of carbonyl (C=O) groups is 1. The summed E-state index contributed by atoms with van der Waals surface area (Å²) in [6.07, 6.45) is 2.85. The topological polar surface area (TPSA) is 51.2 Å². The number of rotatable bonds is 6. The molecule has 1 rings (SSSR count). The summed E-state index contributed by atoms with van der Waals surface area (Å²) in [5.41, 5.74) is 0.944. The van der Waals surface area contributed by atoms with Gasteiger partial charge in [0, 0.05) is 31.1 Å². The summed E-state index contributed by atoms with van der Waals surface area (Å²) in [4.78, 5) is 15.3. The first kappa shape index (κ1) is 12.8. The van der Waals surface area contributed by atoms with Gasteiger partial charge in [-0.2, -0.15) is 0 Å². The Morgan fingerprint density at radius 1 is 1.56 bits per heavy atom. The van der Waals surface area contributed by atoms with Crippen LogP contribution in [0.5, 0.6) is 5.88 Å². The molecular formula is C11H15ClN2O2. The first-order chi connectivity index (χ1) is 7.76. The number of hydrogen-bond donors (Lipinski definition) is 1. The van der Waals surface area contributed by atoms with Crippen LogP contribution in [0.25, 0.3) is 0 Å². The van der Waals surface area contributed by atoms with Crippen LogP contribution >= 0.6 is 11.6 Å². The van der Waals surface area contributed by atoms with Gasteiger partial charge in [-0.1, -0.05) is 6.07 Å². The predicted octanol–water partition coefficient (Wildman–Crippen LogP) is 1.73. The molecule has 0 bridgehead atoms. The van der Waals surface area contributed by atoms with Gasteiger partial charge in [0.15, 0.2) is 0 Å². The maximum Gasteiger partial charge on any atom is 0.220 e. The molecule has 0 saturated carbocycles. The van der Waals surface area contributed by atoms with E-state index in [1.54, 1.807) is 19.4 Å². The summed E-state index contributed by atoms with van der Waals surface area (Å²) in [6.45, 7) is 0.484. The van der Waals surface area contributed by atoms with E-state index in [1.165, 1.54) is 0 Å². The second-order valence-corrected chi connectivity index (χ2v) is 3.66. The standard InChI is InChI=1S/C11H15ClN2O2/c1-16-11-5-4-9(8-14-11)7-13-10(15)3-2-6-12/h4-5,8H,2-3,6-7H2,1H3,(H,13,15). The Labute approximate surface area is 100.0 Å². The summed E-state index contributed by atoms with van der Waals surface area (Å²) in [5, 5.41) is 2.79. The summed E-state index contributed by atoms with van der Waals surface area (Å²) >= 11 is 5.49. The van der Waals surface area contributed by atoms with E-state index in [9.17, 15) is 4.79 Å². The molecular weight excluding hydrogens is 228 g/mol. The SMILES string of the molecule is COc1ccc(CNC(=O)CCCCl)cn1. The van der Waals surface area contributed by atoms with E-state index >= 15 is 0 Å². The van der Waals surface area contributed by atoms with E-state index in [-0.39, 0.29) is 5.91 Å². The van der Waals surface area contributed by atoms with Crippen LogP contribution in [0.3, 0.4) is 0 Å². The average molecular weight is 243 g/mol. The van der Waals surface area contributed by atoms with E-state index in [0.717, 1.165) is 5.56 Å². The number of alkyl halides is 1. The lowest BCUT2D eigenvalue weighted by molar-refractivity contribution is -0.121. The molecule has 1 N–H and O–H groups in total. The lowest BCUT2D eigenvalue weighted by atomic mass is 10.2. The maximum absolute atomic E-state index is 11.3. The first-order valence-electron chi connectivity index (χ1n) is 5.08. The molecule has 0 spiro atoms. The quantitative estimate of drug-likeness (QED) is 0.773. The number of halogens is 1. The van der Waals surface area contributed by atoms with Gasteiger partial charge in [0.25, 0.3) is 0 Å². The van der Waals surface area contributed by atoms with Crippen molar-refractivity contribution in [2.24, 2.45) is 0 Å². The minimum atomic E-state index is 0.0106. The molecule has 0 saturated heterocycles. The molecule has 0 aliphatic rings. The van der Waals surface area contributed by atoms with E-state index in [2.05, 4.69) is 10.3 Å². The van der Waals surface area contributed by atoms with E-state index in [0.29, 0.717) is 31.1 Å². The van der Waals surface area contributed by atoms with Crippen LogP contribution in [0.2, 0.25) is 0 Å². The fourth-order valence-corrected chi connectivity index (χ4v) is 1.29. The number of hydrogen-bond acceptors (Lipinski definition) is 3. The number of pyridine rings is 1.